The second-order valence-electron chi connectivity index (χ2n) is 5.25. The van der Waals surface area contributed by atoms with Crippen LogP contribution in [0.2, 0.25) is 5.02 Å². The van der Waals surface area contributed by atoms with Crippen molar-refractivity contribution in [2.45, 2.75) is 26.8 Å². The van der Waals surface area contributed by atoms with Crippen LogP contribution in [0.5, 0.6) is 5.75 Å². The summed E-state index contributed by atoms with van der Waals surface area (Å²) in [4.78, 5) is 11.2. The molecule has 0 spiro atoms. The van der Waals surface area contributed by atoms with Gasteiger partial charge < -0.3 is 15.2 Å². The first-order chi connectivity index (χ1) is 11.0. The number of halogens is 1. The number of carboxylic acid groups (broad SMARTS) is 1. The van der Waals surface area contributed by atoms with E-state index in [0.717, 1.165) is 17.7 Å². The van der Waals surface area contributed by atoms with Crippen LogP contribution in [0.15, 0.2) is 36.4 Å². The number of rotatable bonds is 7. The molecule has 0 saturated heterocycles. The minimum atomic E-state index is -0.924. The minimum Gasteiger partial charge on any atom is -0.492 e. The summed E-state index contributed by atoms with van der Waals surface area (Å²) in [5.41, 5.74) is 2.82. The summed E-state index contributed by atoms with van der Waals surface area (Å²) in [6.45, 7) is 5.02. The topological polar surface area (TPSA) is 58.6 Å². The van der Waals surface area contributed by atoms with Gasteiger partial charge in [-0.05, 0) is 48.7 Å². The fraction of sp³-hybridized carbons (Fsp3) is 0.278. The Morgan fingerprint density at radius 3 is 2.74 bits per heavy atom. The van der Waals surface area contributed by atoms with Gasteiger partial charge in [0.2, 0.25) is 0 Å². The summed E-state index contributed by atoms with van der Waals surface area (Å²) in [7, 11) is 0. The largest absolute Gasteiger partial charge is 0.492 e. The van der Waals surface area contributed by atoms with E-state index in [1.807, 2.05) is 31.2 Å². The van der Waals surface area contributed by atoms with Gasteiger partial charge in [0.25, 0.3) is 0 Å². The monoisotopic (exact) mass is 333 g/mol. The van der Waals surface area contributed by atoms with Crippen molar-refractivity contribution in [3.8, 4) is 5.75 Å². The van der Waals surface area contributed by atoms with E-state index in [1.54, 1.807) is 19.1 Å². The van der Waals surface area contributed by atoms with Crippen LogP contribution in [0.1, 0.15) is 34.8 Å². The minimum absolute atomic E-state index is 0.302. The standard InChI is InChI=1S/C18H20ClNO3/c1-3-9-23-17-8-7-13(10-15(17)19)11-20-16-6-4-5-14(12(16)2)18(21)22/h4-8,10,20H,3,9,11H2,1-2H3,(H,21,22). The predicted molar refractivity (Wildman–Crippen MR) is 92.7 cm³/mol. The van der Waals surface area contributed by atoms with Gasteiger partial charge in [-0.25, -0.2) is 4.79 Å². The lowest BCUT2D eigenvalue weighted by Gasteiger charge is -2.13. The molecule has 2 N–H and O–H groups in total. The van der Waals surface area contributed by atoms with Gasteiger partial charge in [0, 0.05) is 12.2 Å². The van der Waals surface area contributed by atoms with Crippen molar-refractivity contribution in [3.63, 3.8) is 0 Å². The maximum atomic E-state index is 11.2. The van der Waals surface area contributed by atoms with Crippen LogP contribution < -0.4 is 10.1 Å². The third kappa shape index (κ3) is 4.39. The van der Waals surface area contributed by atoms with Crippen molar-refractivity contribution in [2.75, 3.05) is 11.9 Å². The molecule has 4 nitrogen and oxygen atoms in total. The molecule has 122 valence electrons. The number of anilines is 1. The van der Waals surface area contributed by atoms with E-state index >= 15 is 0 Å². The highest BCUT2D eigenvalue weighted by Crippen LogP contribution is 2.26. The fourth-order valence-electron chi connectivity index (χ4n) is 2.24. The Labute approximate surface area is 141 Å². The molecule has 0 amide bonds. The number of carbonyl (C=O) groups is 1. The van der Waals surface area contributed by atoms with Gasteiger partial charge in [-0.3, -0.25) is 0 Å². The molecule has 0 bridgehead atoms. The van der Waals surface area contributed by atoms with Gasteiger partial charge in [-0.15, -0.1) is 0 Å². The Bertz CT molecular complexity index is 701. The first-order valence-electron chi connectivity index (χ1n) is 7.51. The first kappa shape index (κ1) is 17.2. The molecule has 2 aromatic rings. The molecular weight excluding hydrogens is 314 g/mol. The lowest BCUT2D eigenvalue weighted by molar-refractivity contribution is 0.0696. The number of hydrogen-bond donors (Lipinski definition) is 2. The zero-order chi connectivity index (χ0) is 16.8. The van der Waals surface area contributed by atoms with E-state index in [2.05, 4.69) is 5.32 Å². The van der Waals surface area contributed by atoms with Crippen molar-refractivity contribution in [3.05, 3.63) is 58.1 Å². The number of hydrogen-bond acceptors (Lipinski definition) is 3. The summed E-state index contributed by atoms with van der Waals surface area (Å²) >= 11 is 6.21. The molecule has 0 aliphatic rings. The van der Waals surface area contributed by atoms with E-state index in [9.17, 15) is 4.79 Å². The molecule has 2 aromatic carbocycles. The molecule has 0 heterocycles. The van der Waals surface area contributed by atoms with Crippen molar-refractivity contribution in [1.29, 1.82) is 0 Å². The normalized spacial score (nSPS) is 10.4. The van der Waals surface area contributed by atoms with Crippen LogP contribution in [0, 0.1) is 6.92 Å². The van der Waals surface area contributed by atoms with E-state index < -0.39 is 5.97 Å². The first-order valence-corrected chi connectivity index (χ1v) is 7.88. The van der Waals surface area contributed by atoms with Crippen molar-refractivity contribution in [2.24, 2.45) is 0 Å². The zero-order valence-electron chi connectivity index (χ0n) is 13.2. The summed E-state index contributed by atoms with van der Waals surface area (Å²) in [6.07, 6.45) is 0.929. The molecule has 5 heteroatoms. The average molecular weight is 334 g/mol. The SMILES string of the molecule is CCCOc1ccc(CNc2cccc(C(=O)O)c2C)cc1Cl. The van der Waals surface area contributed by atoms with Crippen LogP contribution in [0.4, 0.5) is 5.69 Å². The van der Waals surface area contributed by atoms with E-state index in [4.69, 9.17) is 21.4 Å². The Morgan fingerprint density at radius 2 is 2.09 bits per heavy atom. The molecule has 0 fully saturated rings. The quantitative estimate of drug-likeness (QED) is 0.767. The number of aromatic carboxylic acids is 1. The highest BCUT2D eigenvalue weighted by atomic mass is 35.5. The van der Waals surface area contributed by atoms with E-state index in [-0.39, 0.29) is 0 Å². The summed E-state index contributed by atoms with van der Waals surface area (Å²) in [5, 5.41) is 13.0. The zero-order valence-corrected chi connectivity index (χ0v) is 14.0. The molecule has 0 saturated carbocycles. The third-order valence-electron chi connectivity index (χ3n) is 3.51. The Morgan fingerprint density at radius 1 is 1.30 bits per heavy atom. The lowest BCUT2D eigenvalue weighted by Crippen LogP contribution is -2.06. The molecule has 0 atom stereocenters. The second kappa shape index (κ2) is 7.88. The van der Waals surface area contributed by atoms with Gasteiger partial charge in [-0.1, -0.05) is 30.7 Å². The number of benzene rings is 2. The van der Waals surface area contributed by atoms with E-state index in [0.29, 0.717) is 35.1 Å². The van der Waals surface area contributed by atoms with Gasteiger partial charge >= 0.3 is 5.97 Å². The lowest BCUT2D eigenvalue weighted by atomic mass is 10.1. The molecule has 23 heavy (non-hydrogen) atoms. The molecule has 2 rings (SSSR count). The average Bonchev–Trinajstić information content (AvgIpc) is 2.52. The molecule has 0 aliphatic heterocycles. The summed E-state index contributed by atoms with van der Waals surface area (Å²) < 4.78 is 5.55. The highest BCUT2D eigenvalue weighted by molar-refractivity contribution is 6.32. The summed E-state index contributed by atoms with van der Waals surface area (Å²) in [5.74, 6) is -0.243. The maximum absolute atomic E-state index is 11.2. The number of nitrogens with one attached hydrogen (secondary N) is 1. The van der Waals surface area contributed by atoms with Crippen LogP contribution in [-0.4, -0.2) is 17.7 Å². The van der Waals surface area contributed by atoms with Gasteiger partial charge in [0.15, 0.2) is 0 Å². The van der Waals surface area contributed by atoms with Crippen LogP contribution in [0.25, 0.3) is 0 Å². The van der Waals surface area contributed by atoms with Crippen LogP contribution >= 0.6 is 11.6 Å². The van der Waals surface area contributed by atoms with Gasteiger partial charge in [0.1, 0.15) is 5.75 Å². The van der Waals surface area contributed by atoms with Crippen molar-refractivity contribution >= 4 is 23.3 Å². The predicted octanol–water partition coefficient (Wildman–Crippen LogP) is 4.75. The molecule has 0 aromatic heterocycles. The van der Waals surface area contributed by atoms with E-state index in [1.165, 1.54) is 0 Å². The molecule has 0 radical (unpaired) electrons. The van der Waals surface area contributed by atoms with Crippen molar-refractivity contribution in [1.82, 2.24) is 0 Å². The van der Waals surface area contributed by atoms with Crippen LogP contribution in [0.3, 0.4) is 0 Å². The third-order valence-corrected chi connectivity index (χ3v) is 3.80. The fourth-order valence-corrected chi connectivity index (χ4v) is 2.50. The smallest absolute Gasteiger partial charge is 0.336 e. The highest BCUT2D eigenvalue weighted by Gasteiger charge is 2.10. The van der Waals surface area contributed by atoms with Gasteiger partial charge in [0.05, 0.1) is 17.2 Å². The molecule has 0 aliphatic carbocycles. The molecule has 0 unspecified atom stereocenters. The number of ether oxygens (including phenoxy) is 1. The van der Waals surface area contributed by atoms with Crippen molar-refractivity contribution < 1.29 is 14.6 Å². The summed E-state index contributed by atoms with van der Waals surface area (Å²) in [6, 6.07) is 10.8. The Balaban J connectivity index is 2.08. The Kier molecular flexibility index (Phi) is 5.88. The van der Waals surface area contributed by atoms with Gasteiger partial charge in [-0.2, -0.15) is 0 Å². The molecular formula is C18H20ClNO3. The Hall–Kier alpha value is -2.20. The number of carboxylic acids is 1. The second-order valence-corrected chi connectivity index (χ2v) is 5.66. The van der Waals surface area contributed by atoms with Crippen LogP contribution in [-0.2, 0) is 6.54 Å². The maximum Gasteiger partial charge on any atom is 0.336 e.